The van der Waals surface area contributed by atoms with E-state index in [1.54, 1.807) is 0 Å². The van der Waals surface area contributed by atoms with Crippen molar-refractivity contribution in [3.05, 3.63) is 0 Å². The van der Waals surface area contributed by atoms with Crippen LogP contribution in [0.25, 0.3) is 0 Å². The Kier molecular flexibility index (Phi) is 3.60. The van der Waals surface area contributed by atoms with Gasteiger partial charge in [0, 0.05) is 12.1 Å². The second kappa shape index (κ2) is 4.15. The van der Waals surface area contributed by atoms with E-state index in [-0.39, 0.29) is 12.4 Å². The average Bonchev–Trinajstić information content (AvgIpc) is 2.77. The molecule has 0 atom stereocenters. The Bertz CT molecular complexity index is 247. The molecule has 0 aromatic carbocycles. The standard InChI is InChI=1S/C8H15NO2S.ClH/c10-12(11)5-3-8(4-6-12)9-7-1-2-7;/h7-9H,1-6H2;1H. The SMILES string of the molecule is Cl.O=S1(=O)CCC(NC2CC2)CC1. The number of sulfone groups is 1. The Hall–Kier alpha value is 0.200. The van der Waals surface area contributed by atoms with E-state index in [0.717, 1.165) is 12.8 Å². The highest BCUT2D eigenvalue weighted by Gasteiger charge is 2.28. The van der Waals surface area contributed by atoms with Crippen molar-refractivity contribution in [3.8, 4) is 0 Å². The van der Waals surface area contributed by atoms with Crippen molar-refractivity contribution in [2.75, 3.05) is 11.5 Å². The lowest BCUT2D eigenvalue weighted by molar-refractivity contribution is 0.461. The van der Waals surface area contributed by atoms with Crippen molar-refractivity contribution in [2.24, 2.45) is 0 Å². The minimum absolute atomic E-state index is 0. The molecule has 13 heavy (non-hydrogen) atoms. The minimum atomic E-state index is -2.67. The predicted molar refractivity (Wildman–Crippen MR) is 55.1 cm³/mol. The predicted octanol–water partition coefficient (Wildman–Crippen LogP) is 0.737. The molecule has 1 saturated carbocycles. The molecule has 78 valence electrons. The van der Waals surface area contributed by atoms with Gasteiger partial charge in [0.15, 0.2) is 0 Å². The molecule has 0 bridgehead atoms. The summed E-state index contributed by atoms with van der Waals surface area (Å²) >= 11 is 0. The lowest BCUT2D eigenvalue weighted by Gasteiger charge is -2.22. The van der Waals surface area contributed by atoms with Crippen LogP contribution in [0, 0.1) is 0 Å². The third-order valence-corrected chi connectivity index (χ3v) is 4.32. The third-order valence-electron chi connectivity index (χ3n) is 2.60. The van der Waals surface area contributed by atoms with Crippen LogP contribution < -0.4 is 5.32 Å². The topological polar surface area (TPSA) is 46.2 Å². The first-order chi connectivity index (χ1) is 5.66. The normalized spacial score (nSPS) is 28.0. The number of hydrogen-bond acceptors (Lipinski definition) is 3. The van der Waals surface area contributed by atoms with E-state index in [2.05, 4.69) is 5.32 Å². The Balaban J connectivity index is 0.000000845. The summed E-state index contributed by atoms with van der Waals surface area (Å²) in [5.41, 5.74) is 0. The highest BCUT2D eigenvalue weighted by Crippen LogP contribution is 2.22. The van der Waals surface area contributed by atoms with Gasteiger partial charge in [-0.05, 0) is 25.7 Å². The van der Waals surface area contributed by atoms with E-state index < -0.39 is 9.84 Å². The van der Waals surface area contributed by atoms with E-state index in [4.69, 9.17) is 0 Å². The molecule has 0 unspecified atom stereocenters. The average molecular weight is 226 g/mol. The van der Waals surface area contributed by atoms with Crippen LogP contribution in [0.1, 0.15) is 25.7 Å². The molecule has 0 aromatic rings. The molecule has 0 radical (unpaired) electrons. The van der Waals surface area contributed by atoms with Crippen LogP contribution in [0.15, 0.2) is 0 Å². The molecule has 0 amide bonds. The zero-order valence-electron chi connectivity index (χ0n) is 7.53. The van der Waals surface area contributed by atoms with Gasteiger partial charge in [0.25, 0.3) is 0 Å². The van der Waals surface area contributed by atoms with Crippen LogP contribution in [0.4, 0.5) is 0 Å². The molecule has 2 aliphatic rings. The summed E-state index contributed by atoms with van der Waals surface area (Å²) in [6.07, 6.45) is 4.20. The molecule has 3 nitrogen and oxygen atoms in total. The summed E-state index contributed by atoms with van der Waals surface area (Å²) < 4.78 is 22.1. The second-order valence-electron chi connectivity index (χ2n) is 3.87. The van der Waals surface area contributed by atoms with E-state index in [1.165, 1.54) is 12.8 Å². The molecule has 1 saturated heterocycles. The zero-order valence-corrected chi connectivity index (χ0v) is 9.16. The molecule has 5 heteroatoms. The van der Waals surface area contributed by atoms with Crippen molar-refractivity contribution < 1.29 is 8.42 Å². The van der Waals surface area contributed by atoms with Gasteiger partial charge in [-0.25, -0.2) is 8.42 Å². The molecule has 1 N–H and O–H groups in total. The number of hydrogen-bond donors (Lipinski definition) is 1. The van der Waals surface area contributed by atoms with Crippen molar-refractivity contribution in [2.45, 2.75) is 37.8 Å². The Morgan fingerprint density at radius 2 is 1.38 bits per heavy atom. The first-order valence-corrected chi connectivity index (χ1v) is 6.44. The molecule has 2 rings (SSSR count). The van der Waals surface area contributed by atoms with Gasteiger partial charge < -0.3 is 5.32 Å². The van der Waals surface area contributed by atoms with Crippen LogP contribution in [0.2, 0.25) is 0 Å². The molecular weight excluding hydrogens is 210 g/mol. The zero-order chi connectivity index (χ0) is 8.60. The van der Waals surface area contributed by atoms with Crippen LogP contribution >= 0.6 is 12.4 Å². The molecule has 1 aliphatic heterocycles. The fraction of sp³-hybridized carbons (Fsp3) is 1.00. The minimum Gasteiger partial charge on any atom is -0.311 e. The largest absolute Gasteiger partial charge is 0.311 e. The maximum absolute atomic E-state index is 11.1. The summed E-state index contributed by atoms with van der Waals surface area (Å²) in [4.78, 5) is 0. The molecule has 1 heterocycles. The molecule has 0 spiro atoms. The Labute approximate surface area is 85.6 Å². The number of rotatable bonds is 2. The van der Waals surface area contributed by atoms with E-state index in [0.29, 0.717) is 23.6 Å². The van der Waals surface area contributed by atoms with Gasteiger partial charge in [0.05, 0.1) is 11.5 Å². The van der Waals surface area contributed by atoms with E-state index >= 15 is 0 Å². The summed E-state index contributed by atoms with van der Waals surface area (Å²) in [6, 6.07) is 1.18. The summed E-state index contributed by atoms with van der Waals surface area (Å²) in [7, 11) is -2.67. The van der Waals surface area contributed by atoms with Crippen LogP contribution in [-0.4, -0.2) is 32.0 Å². The Morgan fingerprint density at radius 1 is 0.923 bits per heavy atom. The van der Waals surface area contributed by atoms with Gasteiger partial charge in [-0.1, -0.05) is 0 Å². The molecular formula is C8H16ClNO2S. The van der Waals surface area contributed by atoms with Gasteiger partial charge in [0.2, 0.25) is 0 Å². The maximum atomic E-state index is 11.1. The number of halogens is 1. The van der Waals surface area contributed by atoms with E-state index in [9.17, 15) is 8.42 Å². The first-order valence-electron chi connectivity index (χ1n) is 4.62. The van der Waals surface area contributed by atoms with Gasteiger partial charge in [-0.3, -0.25) is 0 Å². The third kappa shape index (κ3) is 3.44. The summed E-state index contributed by atoms with van der Waals surface area (Å²) in [5, 5.41) is 3.47. The fourth-order valence-corrected chi connectivity index (χ4v) is 3.13. The smallest absolute Gasteiger partial charge is 0.150 e. The van der Waals surface area contributed by atoms with Crippen LogP contribution in [0.3, 0.4) is 0 Å². The number of nitrogens with one attached hydrogen (secondary N) is 1. The van der Waals surface area contributed by atoms with Crippen molar-refractivity contribution >= 4 is 22.2 Å². The van der Waals surface area contributed by atoms with Crippen LogP contribution in [-0.2, 0) is 9.84 Å². The lowest BCUT2D eigenvalue weighted by atomic mass is 10.1. The Morgan fingerprint density at radius 3 is 1.85 bits per heavy atom. The van der Waals surface area contributed by atoms with Gasteiger partial charge in [-0.2, -0.15) is 0 Å². The van der Waals surface area contributed by atoms with Crippen molar-refractivity contribution in [3.63, 3.8) is 0 Å². The maximum Gasteiger partial charge on any atom is 0.150 e. The fourth-order valence-electron chi connectivity index (χ4n) is 1.64. The van der Waals surface area contributed by atoms with Gasteiger partial charge in [0.1, 0.15) is 9.84 Å². The molecule has 1 aliphatic carbocycles. The summed E-state index contributed by atoms with van der Waals surface area (Å²) in [6.45, 7) is 0. The first kappa shape index (κ1) is 11.3. The van der Waals surface area contributed by atoms with E-state index in [1.807, 2.05) is 0 Å². The van der Waals surface area contributed by atoms with Gasteiger partial charge >= 0.3 is 0 Å². The quantitative estimate of drug-likeness (QED) is 0.754. The lowest BCUT2D eigenvalue weighted by Crippen LogP contribution is -2.38. The second-order valence-corrected chi connectivity index (χ2v) is 6.17. The summed E-state index contributed by atoms with van der Waals surface area (Å²) in [5.74, 6) is 0.773. The highest BCUT2D eigenvalue weighted by atomic mass is 35.5. The van der Waals surface area contributed by atoms with Gasteiger partial charge in [-0.15, -0.1) is 12.4 Å². The van der Waals surface area contributed by atoms with Crippen molar-refractivity contribution in [1.29, 1.82) is 0 Å². The molecule has 2 fully saturated rings. The van der Waals surface area contributed by atoms with Crippen molar-refractivity contribution in [1.82, 2.24) is 5.32 Å². The van der Waals surface area contributed by atoms with Crippen LogP contribution in [0.5, 0.6) is 0 Å². The molecule has 0 aromatic heterocycles. The highest BCUT2D eigenvalue weighted by molar-refractivity contribution is 7.91. The monoisotopic (exact) mass is 225 g/mol.